The molecule has 3 rings (SSSR count). The lowest BCUT2D eigenvalue weighted by Gasteiger charge is -2.25. The Labute approximate surface area is 156 Å². The number of ether oxygens (including phenoxy) is 1. The second kappa shape index (κ2) is 9.39. The summed E-state index contributed by atoms with van der Waals surface area (Å²) in [5.41, 5.74) is 2.33. The predicted molar refractivity (Wildman–Crippen MR) is 104 cm³/mol. The lowest BCUT2D eigenvalue weighted by molar-refractivity contribution is -0.121. The molecule has 1 heterocycles. The van der Waals surface area contributed by atoms with E-state index in [1.807, 2.05) is 42.5 Å². The highest BCUT2D eigenvalue weighted by molar-refractivity contribution is 5.76. The normalized spacial score (nSPS) is 15.6. The lowest BCUT2D eigenvalue weighted by atomic mass is 10.1. The maximum Gasteiger partial charge on any atom is 0.220 e. The van der Waals surface area contributed by atoms with Crippen molar-refractivity contribution in [2.75, 3.05) is 26.7 Å². The summed E-state index contributed by atoms with van der Waals surface area (Å²) in [5.74, 6) is 0.946. The molecule has 4 nitrogen and oxygen atoms in total. The van der Waals surface area contributed by atoms with Crippen LogP contribution in [0.15, 0.2) is 54.6 Å². The maximum absolute atomic E-state index is 12.5. The zero-order chi connectivity index (χ0) is 18.2. The van der Waals surface area contributed by atoms with E-state index in [-0.39, 0.29) is 11.9 Å². The Kier molecular flexibility index (Phi) is 6.67. The summed E-state index contributed by atoms with van der Waals surface area (Å²) < 4.78 is 5.18. The summed E-state index contributed by atoms with van der Waals surface area (Å²) in [6, 6.07) is 18.3. The first-order valence-corrected chi connectivity index (χ1v) is 9.44. The predicted octanol–water partition coefficient (Wildman–Crippen LogP) is 3.58. The molecule has 0 radical (unpaired) electrons. The second-order valence-corrected chi connectivity index (χ2v) is 6.89. The van der Waals surface area contributed by atoms with Crippen LogP contribution in [0.1, 0.15) is 36.4 Å². The Morgan fingerprint density at radius 2 is 1.77 bits per heavy atom. The standard InChI is InChI=1S/C22H28N2O2/c1-26-20-12-9-18(10-13-20)11-14-22(25)23-21(17-24-15-5-6-16-24)19-7-3-2-4-8-19/h2-4,7-10,12-13,21H,5-6,11,14-17H2,1H3,(H,23,25). The number of nitrogens with one attached hydrogen (secondary N) is 1. The van der Waals surface area contributed by atoms with Gasteiger partial charge in [0.15, 0.2) is 0 Å². The number of benzene rings is 2. The number of hydrogen-bond donors (Lipinski definition) is 1. The highest BCUT2D eigenvalue weighted by Crippen LogP contribution is 2.18. The van der Waals surface area contributed by atoms with Gasteiger partial charge >= 0.3 is 0 Å². The minimum absolute atomic E-state index is 0.0534. The van der Waals surface area contributed by atoms with Crippen molar-refractivity contribution in [1.29, 1.82) is 0 Å². The molecule has 0 saturated carbocycles. The smallest absolute Gasteiger partial charge is 0.220 e. The van der Waals surface area contributed by atoms with Crippen molar-refractivity contribution in [3.05, 3.63) is 65.7 Å². The van der Waals surface area contributed by atoms with Gasteiger partial charge in [0.1, 0.15) is 5.75 Å². The molecule has 2 aromatic rings. The molecule has 2 aromatic carbocycles. The van der Waals surface area contributed by atoms with E-state index >= 15 is 0 Å². The van der Waals surface area contributed by atoms with E-state index in [2.05, 4.69) is 22.3 Å². The van der Waals surface area contributed by atoms with Gasteiger partial charge in [-0.2, -0.15) is 0 Å². The number of nitrogens with zero attached hydrogens (tertiary/aromatic N) is 1. The molecule has 26 heavy (non-hydrogen) atoms. The zero-order valence-corrected chi connectivity index (χ0v) is 15.5. The number of aryl methyl sites for hydroxylation is 1. The highest BCUT2D eigenvalue weighted by Gasteiger charge is 2.20. The van der Waals surface area contributed by atoms with Gasteiger partial charge in [-0.05, 0) is 55.6 Å². The third-order valence-corrected chi connectivity index (χ3v) is 4.98. The molecular formula is C22H28N2O2. The van der Waals surface area contributed by atoms with Crippen LogP contribution in [-0.2, 0) is 11.2 Å². The molecule has 0 aromatic heterocycles. The van der Waals surface area contributed by atoms with E-state index in [4.69, 9.17) is 4.74 Å². The van der Waals surface area contributed by atoms with Gasteiger partial charge in [-0.1, -0.05) is 42.5 Å². The second-order valence-electron chi connectivity index (χ2n) is 6.89. The van der Waals surface area contributed by atoms with Crippen LogP contribution in [-0.4, -0.2) is 37.6 Å². The van der Waals surface area contributed by atoms with Crippen LogP contribution >= 0.6 is 0 Å². The summed E-state index contributed by atoms with van der Waals surface area (Å²) >= 11 is 0. The molecule has 1 aliphatic rings. The summed E-state index contributed by atoms with van der Waals surface area (Å²) in [4.78, 5) is 15.0. The summed E-state index contributed by atoms with van der Waals surface area (Å²) in [6.07, 6.45) is 3.75. The number of carbonyl (C=O) groups is 1. The van der Waals surface area contributed by atoms with E-state index in [1.54, 1.807) is 7.11 Å². The quantitative estimate of drug-likeness (QED) is 0.789. The van der Waals surface area contributed by atoms with Gasteiger partial charge in [0.2, 0.25) is 5.91 Å². The number of carbonyl (C=O) groups excluding carboxylic acids is 1. The summed E-state index contributed by atoms with van der Waals surface area (Å²) in [5, 5.41) is 3.25. The van der Waals surface area contributed by atoms with Crippen LogP contribution in [0, 0.1) is 0 Å². The average Bonchev–Trinajstić information content (AvgIpc) is 3.20. The monoisotopic (exact) mass is 352 g/mol. The van der Waals surface area contributed by atoms with Crippen LogP contribution in [0.5, 0.6) is 5.75 Å². The Balaban J connectivity index is 1.57. The van der Waals surface area contributed by atoms with Crippen molar-refractivity contribution in [2.45, 2.75) is 31.7 Å². The first-order chi connectivity index (χ1) is 12.7. The van der Waals surface area contributed by atoms with Crippen LogP contribution in [0.4, 0.5) is 0 Å². The minimum Gasteiger partial charge on any atom is -0.497 e. The van der Waals surface area contributed by atoms with E-state index in [0.717, 1.165) is 37.4 Å². The maximum atomic E-state index is 12.5. The van der Waals surface area contributed by atoms with Crippen molar-refractivity contribution < 1.29 is 9.53 Å². The van der Waals surface area contributed by atoms with E-state index in [0.29, 0.717) is 6.42 Å². The van der Waals surface area contributed by atoms with E-state index in [9.17, 15) is 4.79 Å². The molecule has 1 unspecified atom stereocenters. The fourth-order valence-electron chi connectivity index (χ4n) is 3.46. The van der Waals surface area contributed by atoms with Gasteiger partial charge in [-0.3, -0.25) is 4.79 Å². The molecule has 1 aliphatic heterocycles. The zero-order valence-electron chi connectivity index (χ0n) is 15.5. The van der Waals surface area contributed by atoms with Gasteiger partial charge in [-0.25, -0.2) is 0 Å². The van der Waals surface area contributed by atoms with Crippen molar-refractivity contribution in [1.82, 2.24) is 10.2 Å². The van der Waals surface area contributed by atoms with Crippen molar-refractivity contribution in [3.8, 4) is 5.75 Å². The number of likely N-dealkylation sites (tertiary alicyclic amines) is 1. The third-order valence-electron chi connectivity index (χ3n) is 4.98. The molecular weight excluding hydrogens is 324 g/mol. The fraction of sp³-hybridized carbons (Fsp3) is 0.409. The van der Waals surface area contributed by atoms with Crippen LogP contribution < -0.4 is 10.1 Å². The molecule has 4 heteroatoms. The minimum atomic E-state index is 0.0534. The lowest BCUT2D eigenvalue weighted by Crippen LogP contribution is -2.37. The first kappa shape index (κ1) is 18.5. The Morgan fingerprint density at radius 1 is 1.08 bits per heavy atom. The number of methoxy groups -OCH3 is 1. The van der Waals surface area contributed by atoms with Crippen LogP contribution in [0.25, 0.3) is 0 Å². The molecule has 138 valence electrons. The fourth-order valence-corrected chi connectivity index (χ4v) is 3.46. The van der Waals surface area contributed by atoms with Gasteiger partial charge in [0, 0.05) is 13.0 Å². The van der Waals surface area contributed by atoms with Gasteiger partial charge in [0.25, 0.3) is 0 Å². The molecule has 1 amide bonds. The molecule has 0 spiro atoms. The number of rotatable bonds is 8. The first-order valence-electron chi connectivity index (χ1n) is 9.44. The third kappa shape index (κ3) is 5.33. The molecule has 1 atom stereocenters. The van der Waals surface area contributed by atoms with Crippen molar-refractivity contribution in [3.63, 3.8) is 0 Å². The Morgan fingerprint density at radius 3 is 2.42 bits per heavy atom. The van der Waals surface area contributed by atoms with Gasteiger partial charge in [0.05, 0.1) is 13.2 Å². The topological polar surface area (TPSA) is 41.6 Å². The van der Waals surface area contributed by atoms with Gasteiger partial charge in [-0.15, -0.1) is 0 Å². The summed E-state index contributed by atoms with van der Waals surface area (Å²) in [6.45, 7) is 3.15. The largest absolute Gasteiger partial charge is 0.497 e. The summed E-state index contributed by atoms with van der Waals surface area (Å²) in [7, 11) is 1.66. The van der Waals surface area contributed by atoms with Crippen molar-refractivity contribution in [2.24, 2.45) is 0 Å². The SMILES string of the molecule is COc1ccc(CCC(=O)NC(CN2CCCC2)c2ccccc2)cc1. The highest BCUT2D eigenvalue weighted by atomic mass is 16.5. The van der Waals surface area contributed by atoms with Crippen LogP contribution in [0.2, 0.25) is 0 Å². The van der Waals surface area contributed by atoms with Crippen LogP contribution in [0.3, 0.4) is 0 Å². The molecule has 1 fully saturated rings. The van der Waals surface area contributed by atoms with E-state index < -0.39 is 0 Å². The molecule has 1 N–H and O–H groups in total. The molecule has 0 bridgehead atoms. The molecule has 0 aliphatic carbocycles. The van der Waals surface area contributed by atoms with Crippen molar-refractivity contribution >= 4 is 5.91 Å². The van der Waals surface area contributed by atoms with E-state index in [1.165, 1.54) is 18.4 Å². The Bertz CT molecular complexity index is 679. The Hall–Kier alpha value is -2.33. The average molecular weight is 352 g/mol. The molecule has 1 saturated heterocycles. The number of amides is 1. The number of hydrogen-bond acceptors (Lipinski definition) is 3. The van der Waals surface area contributed by atoms with Gasteiger partial charge < -0.3 is 15.0 Å².